The quantitative estimate of drug-likeness (QED) is 0.401. The van der Waals surface area contributed by atoms with Crippen molar-refractivity contribution in [3.8, 4) is 0 Å². The lowest BCUT2D eigenvalue weighted by molar-refractivity contribution is -0.991. The van der Waals surface area contributed by atoms with Gasteiger partial charge >= 0.3 is 11.9 Å². The summed E-state index contributed by atoms with van der Waals surface area (Å²) in [5, 5.41) is 40.3. The molecule has 6 atom stereocenters. The first-order valence-electron chi connectivity index (χ1n) is 10.4. The Labute approximate surface area is 179 Å². The van der Waals surface area contributed by atoms with Crippen molar-refractivity contribution in [2.45, 2.75) is 45.3 Å². The Morgan fingerprint density at radius 2 is 1.97 bits per heavy atom. The maximum atomic E-state index is 12.9. The number of hydrogen-bond acceptors (Lipinski definition) is 8. The molecule has 3 aliphatic rings. The fourth-order valence-electron chi connectivity index (χ4n) is 5.82. The number of esters is 2. The smallest absolute Gasteiger partial charge is 0.338 e. The molecule has 4 N–H and O–H groups in total. The molecule has 9 nitrogen and oxygen atoms in total. The number of quaternary nitrogens is 1. The van der Waals surface area contributed by atoms with Gasteiger partial charge in [-0.15, -0.1) is 0 Å². The van der Waals surface area contributed by atoms with Crippen LogP contribution in [-0.4, -0.2) is 52.8 Å². The van der Waals surface area contributed by atoms with Gasteiger partial charge in [-0.2, -0.15) is 5.23 Å². The van der Waals surface area contributed by atoms with Crippen molar-refractivity contribution in [2.75, 3.05) is 13.2 Å². The minimum Gasteiger partial charge on any atom is -0.595 e. The summed E-state index contributed by atoms with van der Waals surface area (Å²) in [4.78, 5) is 25.3. The lowest BCUT2D eigenvalue weighted by Crippen LogP contribution is -2.99. The zero-order valence-electron chi connectivity index (χ0n) is 17.5. The molecule has 4 rings (SSSR count). The number of aliphatic hydroxyl groups excluding tert-OH is 2. The maximum Gasteiger partial charge on any atom is 0.338 e. The van der Waals surface area contributed by atoms with Gasteiger partial charge in [0.05, 0.1) is 11.1 Å². The number of carbonyl (C=O) groups is 2. The number of fused-ring (bicyclic) bond motifs is 2. The Balaban J connectivity index is 1.72. The molecule has 1 saturated carbocycles. The monoisotopic (exact) mass is 433 g/mol. The van der Waals surface area contributed by atoms with E-state index in [1.807, 2.05) is 13.8 Å². The van der Waals surface area contributed by atoms with Crippen molar-refractivity contribution in [2.24, 2.45) is 16.7 Å². The molecule has 1 aliphatic heterocycles. The molecule has 1 heterocycles. The second-order valence-electron chi connectivity index (χ2n) is 9.23. The van der Waals surface area contributed by atoms with Crippen LogP contribution in [-0.2, 0) is 14.3 Å². The number of carbonyl (C=O) groups excluding carboxylic acids is 2. The molecule has 1 unspecified atom stereocenters. The molecule has 1 aromatic rings. The van der Waals surface area contributed by atoms with E-state index < -0.39 is 46.1 Å². The molecule has 1 aromatic carbocycles. The van der Waals surface area contributed by atoms with E-state index in [0.29, 0.717) is 6.42 Å². The van der Waals surface area contributed by atoms with Gasteiger partial charge in [0.25, 0.3) is 0 Å². The van der Waals surface area contributed by atoms with Crippen LogP contribution < -0.4 is 5.23 Å². The van der Waals surface area contributed by atoms with Crippen LogP contribution in [0, 0.1) is 22.0 Å². The molecule has 31 heavy (non-hydrogen) atoms. The predicted octanol–water partition coefficient (Wildman–Crippen LogP) is 0.648. The Morgan fingerprint density at radius 3 is 2.58 bits per heavy atom. The van der Waals surface area contributed by atoms with Gasteiger partial charge in [-0.05, 0) is 41.4 Å². The molecular formula is C22H27NO8. The first kappa shape index (κ1) is 21.9. The van der Waals surface area contributed by atoms with Gasteiger partial charge in [-0.1, -0.05) is 20.3 Å². The van der Waals surface area contributed by atoms with E-state index in [-0.39, 0.29) is 30.0 Å². The number of benzene rings is 1. The van der Waals surface area contributed by atoms with Crippen molar-refractivity contribution in [1.29, 1.82) is 0 Å². The number of rotatable bonds is 4. The maximum absolute atomic E-state index is 12.9. The van der Waals surface area contributed by atoms with Crippen molar-refractivity contribution in [1.82, 2.24) is 0 Å². The average Bonchev–Trinajstić information content (AvgIpc) is 3.14. The minimum absolute atomic E-state index is 0.0328. The molecule has 0 bridgehead atoms. The van der Waals surface area contributed by atoms with E-state index in [1.54, 1.807) is 0 Å². The summed E-state index contributed by atoms with van der Waals surface area (Å²) < 4.78 is 11.0. The molecule has 0 saturated heterocycles. The Bertz CT molecular complexity index is 926. The number of ether oxygens (including phenoxy) is 2. The van der Waals surface area contributed by atoms with Crippen LogP contribution in [0.1, 0.15) is 43.5 Å². The molecule has 1 fully saturated rings. The van der Waals surface area contributed by atoms with E-state index in [4.69, 9.17) is 14.7 Å². The molecule has 9 heteroatoms. The number of hydrogen-bond donors (Lipinski definition) is 4. The summed E-state index contributed by atoms with van der Waals surface area (Å²) in [6.07, 6.45) is -0.193. The highest BCUT2D eigenvalue weighted by Crippen LogP contribution is 2.61. The van der Waals surface area contributed by atoms with Crippen LogP contribution in [0.15, 0.2) is 35.4 Å². The molecule has 0 aromatic heterocycles. The van der Waals surface area contributed by atoms with Gasteiger partial charge in [0.15, 0.2) is 5.69 Å². The first-order valence-corrected chi connectivity index (χ1v) is 10.4. The van der Waals surface area contributed by atoms with Crippen LogP contribution in [0.4, 0.5) is 5.69 Å². The summed E-state index contributed by atoms with van der Waals surface area (Å²) in [5.74, 6) is -1.76. The first-order chi connectivity index (χ1) is 14.6. The number of cyclic esters (lactones) is 1. The van der Waals surface area contributed by atoms with Gasteiger partial charge < -0.3 is 24.9 Å². The van der Waals surface area contributed by atoms with Crippen LogP contribution in [0.5, 0.6) is 0 Å². The lowest BCUT2D eigenvalue weighted by Gasteiger charge is -2.57. The van der Waals surface area contributed by atoms with Crippen molar-refractivity contribution in [3.63, 3.8) is 0 Å². The van der Waals surface area contributed by atoms with E-state index in [2.05, 4.69) is 0 Å². The fraction of sp³-hybridized carbons (Fsp3) is 0.545. The summed E-state index contributed by atoms with van der Waals surface area (Å²) >= 11 is 0. The largest absolute Gasteiger partial charge is 0.595 e. The van der Waals surface area contributed by atoms with Crippen LogP contribution in [0.2, 0.25) is 0 Å². The van der Waals surface area contributed by atoms with Crippen molar-refractivity contribution in [3.05, 3.63) is 46.2 Å². The normalized spacial score (nSPS) is 35.8. The molecule has 2 aliphatic carbocycles. The minimum atomic E-state index is -1.37. The van der Waals surface area contributed by atoms with E-state index in [0.717, 1.165) is 18.4 Å². The highest BCUT2D eigenvalue weighted by Gasteiger charge is 2.62. The van der Waals surface area contributed by atoms with Crippen LogP contribution in [0.25, 0.3) is 0 Å². The third kappa shape index (κ3) is 3.37. The van der Waals surface area contributed by atoms with Gasteiger partial charge in [0.2, 0.25) is 0 Å². The average molecular weight is 433 g/mol. The Kier molecular flexibility index (Phi) is 5.43. The third-order valence-electron chi connectivity index (χ3n) is 7.37. The Hall–Kier alpha value is -2.30. The van der Waals surface area contributed by atoms with Crippen LogP contribution in [0.3, 0.4) is 0 Å². The van der Waals surface area contributed by atoms with E-state index >= 15 is 0 Å². The summed E-state index contributed by atoms with van der Waals surface area (Å²) in [7, 11) is 0. The zero-order valence-corrected chi connectivity index (χ0v) is 17.5. The van der Waals surface area contributed by atoms with Gasteiger partial charge in [0.1, 0.15) is 18.8 Å². The molecule has 168 valence electrons. The molecule has 0 radical (unpaired) electrons. The van der Waals surface area contributed by atoms with Crippen molar-refractivity contribution >= 4 is 17.6 Å². The molecular weight excluding hydrogens is 406 g/mol. The van der Waals surface area contributed by atoms with E-state index in [1.165, 1.54) is 24.3 Å². The van der Waals surface area contributed by atoms with Crippen molar-refractivity contribution < 1.29 is 39.7 Å². The summed E-state index contributed by atoms with van der Waals surface area (Å²) in [6.45, 7) is 3.83. The number of nitrogens with one attached hydrogen (secondary N) is 1. The Morgan fingerprint density at radius 1 is 1.29 bits per heavy atom. The number of aliphatic hydroxyl groups is 2. The van der Waals surface area contributed by atoms with Gasteiger partial charge in [-0.3, -0.25) is 0 Å². The second kappa shape index (κ2) is 7.68. The summed E-state index contributed by atoms with van der Waals surface area (Å²) in [5.41, 5.74) is -0.155. The second-order valence-corrected chi connectivity index (χ2v) is 9.23. The molecule has 0 spiro atoms. The topological polar surface area (TPSA) is 141 Å². The van der Waals surface area contributed by atoms with E-state index in [9.17, 15) is 25.0 Å². The molecule has 0 amide bonds. The van der Waals surface area contributed by atoms with Gasteiger partial charge in [-0.25, -0.2) is 14.8 Å². The summed E-state index contributed by atoms with van der Waals surface area (Å²) in [6, 6.07) is 5.29. The standard InChI is InChI=1S/C22H27NO8/c1-21(11-24)8-3-9-22(2)14-10-30-20(27)15(14)16(25)17(18(21)22)31-19(26)12-4-6-13(7-5-12)23(28)29/h4-7,16-18,23-25,28H,3,8-11H2,1-2H3/t16-,17+,18-,21+,22+/m0/s1. The fourth-order valence-corrected chi connectivity index (χ4v) is 5.82. The zero-order chi connectivity index (χ0) is 22.6. The van der Waals surface area contributed by atoms with Crippen LogP contribution >= 0.6 is 0 Å². The third-order valence-corrected chi connectivity index (χ3v) is 7.37. The predicted molar refractivity (Wildman–Crippen MR) is 106 cm³/mol. The highest BCUT2D eigenvalue weighted by molar-refractivity contribution is 5.94. The van der Waals surface area contributed by atoms with Gasteiger partial charge in [0, 0.05) is 24.7 Å². The lowest BCUT2D eigenvalue weighted by atomic mass is 9.48. The SMILES string of the molecule is C[C@]1(CO)CCC[C@]2(C)C3=C(C(=O)OC3)[C@H](O)[C@@H](OC(=O)c3ccc([NH+]([O-])O)cc3)[C@@H]12. The highest BCUT2D eigenvalue weighted by atomic mass is 16.8.